The van der Waals surface area contributed by atoms with Crippen molar-refractivity contribution in [2.45, 2.75) is 26.5 Å². The second-order valence-electron chi connectivity index (χ2n) is 6.20. The molecule has 4 aromatic rings. The zero-order valence-electron chi connectivity index (χ0n) is 15.4. The maximum atomic E-state index is 12.3. The van der Waals surface area contributed by atoms with E-state index in [2.05, 4.69) is 25.7 Å². The molecule has 9 nitrogen and oxygen atoms in total. The Bertz CT molecular complexity index is 1110. The minimum Gasteiger partial charge on any atom is -0.481 e. The smallest absolute Gasteiger partial charge is 0.261 e. The van der Waals surface area contributed by atoms with Gasteiger partial charge in [-0.2, -0.15) is 4.98 Å². The molecule has 3 aromatic heterocycles. The normalized spacial score (nSPS) is 12.1. The van der Waals surface area contributed by atoms with E-state index in [4.69, 9.17) is 9.26 Å². The molecule has 1 aromatic carbocycles. The van der Waals surface area contributed by atoms with Crippen LogP contribution in [0.5, 0.6) is 5.75 Å². The number of nitrogens with one attached hydrogen (secondary N) is 1. The molecule has 28 heavy (non-hydrogen) atoms. The highest BCUT2D eigenvalue weighted by Crippen LogP contribution is 2.19. The first-order valence-electron chi connectivity index (χ1n) is 8.74. The third-order valence-electron chi connectivity index (χ3n) is 4.10. The van der Waals surface area contributed by atoms with E-state index >= 15 is 0 Å². The van der Waals surface area contributed by atoms with Crippen molar-refractivity contribution in [1.82, 2.24) is 30.1 Å². The Labute approximate surface area is 160 Å². The second-order valence-corrected chi connectivity index (χ2v) is 6.20. The molecule has 142 valence electrons. The molecule has 0 fully saturated rings. The lowest BCUT2D eigenvalue weighted by molar-refractivity contribution is -0.127. The maximum absolute atomic E-state index is 12.3. The SMILES string of the molecule is Cc1noc(-c2ccn3c(CNC(=O)[C@@H](C)Oc4ccccc4)nnc3c2)n1. The van der Waals surface area contributed by atoms with Crippen LogP contribution >= 0.6 is 0 Å². The number of carbonyl (C=O) groups excluding carboxylic acids is 1. The van der Waals surface area contributed by atoms with Gasteiger partial charge in [0, 0.05) is 11.8 Å². The van der Waals surface area contributed by atoms with Crippen LogP contribution in [0.2, 0.25) is 0 Å². The Morgan fingerprint density at radius 3 is 2.82 bits per heavy atom. The van der Waals surface area contributed by atoms with Gasteiger partial charge in [0.15, 0.2) is 23.4 Å². The van der Waals surface area contributed by atoms with E-state index in [1.165, 1.54) is 0 Å². The van der Waals surface area contributed by atoms with Gasteiger partial charge in [-0.25, -0.2) is 0 Å². The fourth-order valence-electron chi connectivity index (χ4n) is 2.67. The van der Waals surface area contributed by atoms with Gasteiger partial charge >= 0.3 is 0 Å². The van der Waals surface area contributed by atoms with Crippen LogP contribution in [-0.2, 0) is 11.3 Å². The zero-order valence-corrected chi connectivity index (χ0v) is 15.4. The highest BCUT2D eigenvalue weighted by Gasteiger charge is 2.16. The van der Waals surface area contributed by atoms with Gasteiger partial charge in [-0.3, -0.25) is 9.20 Å². The molecule has 4 rings (SSSR count). The predicted octanol–water partition coefficient (Wildman–Crippen LogP) is 2.17. The van der Waals surface area contributed by atoms with Crippen LogP contribution in [0.25, 0.3) is 17.1 Å². The number of carbonyl (C=O) groups is 1. The Balaban J connectivity index is 1.42. The highest BCUT2D eigenvalue weighted by molar-refractivity contribution is 5.80. The predicted molar refractivity (Wildman–Crippen MR) is 99.4 cm³/mol. The molecule has 0 saturated heterocycles. The summed E-state index contributed by atoms with van der Waals surface area (Å²) in [4.78, 5) is 16.5. The lowest BCUT2D eigenvalue weighted by Gasteiger charge is -2.14. The molecule has 0 aliphatic heterocycles. The van der Waals surface area contributed by atoms with Crippen LogP contribution in [0.15, 0.2) is 53.2 Å². The number of nitrogens with zero attached hydrogens (tertiary/aromatic N) is 5. The number of ether oxygens (including phenoxy) is 1. The Hall–Kier alpha value is -3.75. The van der Waals surface area contributed by atoms with E-state index < -0.39 is 6.10 Å². The number of hydrogen-bond acceptors (Lipinski definition) is 7. The molecular formula is C19H18N6O3. The molecule has 0 spiro atoms. The van der Waals surface area contributed by atoms with Crippen molar-refractivity contribution in [1.29, 1.82) is 0 Å². The number of para-hydroxylation sites is 1. The van der Waals surface area contributed by atoms with Gasteiger partial charge in [-0.05, 0) is 38.1 Å². The average molecular weight is 378 g/mol. The number of fused-ring (bicyclic) bond motifs is 1. The van der Waals surface area contributed by atoms with E-state index in [1.54, 1.807) is 42.6 Å². The third kappa shape index (κ3) is 3.68. The average Bonchev–Trinajstić information content (AvgIpc) is 3.32. The van der Waals surface area contributed by atoms with Crippen molar-refractivity contribution in [3.63, 3.8) is 0 Å². The molecule has 0 aliphatic carbocycles. The largest absolute Gasteiger partial charge is 0.481 e. The summed E-state index contributed by atoms with van der Waals surface area (Å²) in [6.07, 6.45) is 1.17. The van der Waals surface area contributed by atoms with Gasteiger partial charge in [-0.15, -0.1) is 10.2 Å². The number of hydrogen-bond donors (Lipinski definition) is 1. The van der Waals surface area contributed by atoms with Gasteiger partial charge in [0.25, 0.3) is 11.8 Å². The quantitative estimate of drug-likeness (QED) is 0.548. The summed E-state index contributed by atoms with van der Waals surface area (Å²) in [7, 11) is 0. The van der Waals surface area contributed by atoms with Crippen molar-refractivity contribution in [3.8, 4) is 17.2 Å². The van der Waals surface area contributed by atoms with Crippen LogP contribution in [0, 0.1) is 6.92 Å². The number of amides is 1. The zero-order chi connectivity index (χ0) is 19.5. The van der Waals surface area contributed by atoms with Crippen molar-refractivity contribution >= 4 is 11.6 Å². The van der Waals surface area contributed by atoms with E-state index in [0.29, 0.717) is 28.9 Å². The van der Waals surface area contributed by atoms with E-state index in [9.17, 15) is 4.79 Å². The van der Waals surface area contributed by atoms with Gasteiger partial charge in [0.1, 0.15) is 5.75 Å². The van der Waals surface area contributed by atoms with Crippen LogP contribution in [0.3, 0.4) is 0 Å². The maximum Gasteiger partial charge on any atom is 0.261 e. The summed E-state index contributed by atoms with van der Waals surface area (Å²) < 4.78 is 12.6. The molecule has 1 N–H and O–H groups in total. The van der Waals surface area contributed by atoms with Crippen molar-refractivity contribution < 1.29 is 14.1 Å². The summed E-state index contributed by atoms with van der Waals surface area (Å²) in [5.74, 6) is 1.99. The van der Waals surface area contributed by atoms with Crippen LogP contribution in [-0.4, -0.2) is 36.7 Å². The molecule has 0 unspecified atom stereocenters. The summed E-state index contributed by atoms with van der Waals surface area (Å²) in [6, 6.07) is 12.8. The number of aryl methyl sites for hydroxylation is 1. The van der Waals surface area contributed by atoms with Gasteiger partial charge < -0.3 is 14.6 Å². The topological polar surface area (TPSA) is 107 Å². The van der Waals surface area contributed by atoms with E-state index in [-0.39, 0.29) is 12.5 Å². The first-order valence-corrected chi connectivity index (χ1v) is 8.74. The Morgan fingerprint density at radius 1 is 1.25 bits per heavy atom. The molecule has 0 bridgehead atoms. The van der Waals surface area contributed by atoms with Crippen LogP contribution < -0.4 is 10.1 Å². The fraction of sp³-hybridized carbons (Fsp3) is 0.211. The second kappa shape index (κ2) is 7.47. The molecular weight excluding hydrogens is 360 g/mol. The van der Waals surface area contributed by atoms with Gasteiger partial charge in [0.05, 0.1) is 6.54 Å². The first-order chi connectivity index (χ1) is 13.6. The standard InChI is InChI=1S/C19H18N6O3/c1-12(27-15-6-4-3-5-7-15)18(26)20-11-17-23-22-16-10-14(8-9-25(16)17)19-21-13(2)24-28-19/h3-10,12H,11H2,1-2H3,(H,20,26)/t12-/m1/s1. The van der Waals surface area contributed by atoms with Gasteiger partial charge in [0.2, 0.25) is 0 Å². The molecule has 1 atom stereocenters. The molecule has 0 saturated carbocycles. The monoisotopic (exact) mass is 378 g/mol. The first kappa shape index (κ1) is 17.7. The van der Waals surface area contributed by atoms with Crippen molar-refractivity contribution in [2.24, 2.45) is 0 Å². The minimum absolute atomic E-state index is 0.224. The third-order valence-corrected chi connectivity index (χ3v) is 4.10. The summed E-state index contributed by atoms with van der Waals surface area (Å²) >= 11 is 0. The van der Waals surface area contributed by atoms with Gasteiger partial charge in [-0.1, -0.05) is 23.4 Å². The summed E-state index contributed by atoms with van der Waals surface area (Å²) in [6.45, 7) is 3.68. The number of aromatic nitrogens is 5. The molecule has 0 aliphatic rings. The lowest BCUT2D eigenvalue weighted by atomic mass is 10.2. The Morgan fingerprint density at radius 2 is 2.07 bits per heavy atom. The number of rotatable bonds is 6. The number of pyridine rings is 1. The molecule has 3 heterocycles. The van der Waals surface area contributed by atoms with Crippen molar-refractivity contribution in [2.75, 3.05) is 0 Å². The minimum atomic E-state index is -0.631. The van der Waals surface area contributed by atoms with Crippen LogP contribution in [0.4, 0.5) is 0 Å². The summed E-state index contributed by atoms with van der Waals surface area (Å²) in [5.41, 5.74) is 1.37. The summed E-state index contributed by atoms with van der Waals surface area (Å²) in [5, 5.41) is 14.9. The fourth-order valence-corrected chi connectivity index (χ4v) is 2.67. The number of benzene rings is 1. The molecule has 0 radical (unpaired) electrons. The Kier molecular flexibility index (Phi) is 4.71. The lowest BCUT2D eigenvalue weighted by Crippen LogP contribution is -2.36. The highest BCUT2D eigenvalue weighted by atomic mass is 16.5. The molecule has 9 heteroatoms. The van der Waals surface area contributed by atoms with Crippen LogP contribution in [0.1, 0.15) is 18.6 Å². The van der Waals surface area contributed by atoms with E-state index in [1.807, 2.05) is 24.3 Å². The van der Waals surface area contributed by atoms with Crippen molar-refractivity contribution in [3.05, 3.63) is 60.3 Å². The van der Waals surface area contributed by atoms with E-state index in [0.717, 1.165) is 5.56 Å². The molecule has 1 amide bonds.